The van der Waals surface area contributed by atoms with E-state index in [1.165, 1.54) is 25.7 Å². The van der Waals surface area contributed by atoms with Gasteiger partial charge < -0.3 is 9.47 Å². The molecule has 0 N–H and O–H groups in total. The summed E-state index contributed by atoms with van der Waals surface area (Å²) < 4.78 is 10.8. The van der Waals surface area contributed by atoms with Gasteiger partial charge in [-0.1, -0.05) is 27.2 Å². The molecule has 1 aliphatic heterocycles. The Morgan fingerprint density at radius 3 is 2.64 bits per heavy atom. The summed E-state index contributed by atoms with van der Waals surface area (Å²) in [4.78, 5) is 36.4. The molecular weight excluding hydrogens is 320 g/mol. The molecule has 3 saturated carbocycles. The van der Waals surface area contributed by atoms with Crippen LogP contribution < -0.4 is 0 Å². The molecule has 4 aliphatic rings. The minimum Gasteiger partial charge on any atom is -0.459 e. The number of hydrogen-bond acceptors (Lipinski definition) is 5. The quantitative estimate of drug-likeness (QED) is 0.577. The minimum absolute atomic E-state index is 0.340. The molecule has 5 nitrogen and oxygen atoms in total. The van der Waals surface area contributed by atoms with Crippen LogP contribution in [0.15, 0.2) is 0 Å². The third kappa shape index (κ3) is 2.37. The summed E-state index contributed by atoms with van der Waals surface area (Å²) >= 11 is 0. The van der Waals surface area contributed by atoms with Crippen LogP contribution in [-0.4, -0.2) is 23.5 Å². The van der Waals surface area contributed by atoms with Crippen molar-refractivity contribution >= 4 is 17.9 Å². The standard InChI is InChI=1S/C20H28O5/c1-4-20(9-12-8-15(20)14-7-5-6-13(12)14)25-18(22)11(3)16-10(2)17(21)24-19(16)23/h10-16H,4-9H2,1-3H3. The van der Waals surface area contributed by atoms with Gasteiger partial charge in [-0.3, -0.25) is 14.4 Å². The van der Waals surface area contributed by atoms with Gasteiger partial charge in [0.25, 0.3) is 0 Å². The maximum atomic E-state index is 12.9. The predicted molar refractivity (Wildman–Crippen MR) is 89.1 cm³/mol. The SMILES string of the molecule is CCC1(OC(=O)C(C)C2C(=O)OC(=O)C2C)CC2CC1C1CCCC21. The van der Waals surface area contributed by atoms with Gasteiger partial charge in [0.1, 0.15) is 5.60 Å². The monoisotopic (exact) mass is 348 g/mol. The number of rotatable bonds is 4. The Labute approximate surface area is 148 Å². The van der Waals surface area contributed by atoms with Crippen LogP contribution >= 0.6 is 0 Å². The van der Waals surface area contributed by atoms with Crippen molar-refractivity contribution in [3.8, 4) is 0 Å². The molecule has 3 aliphatic carbocycles. The lowest BCUT2D eigenvalue weighted by Gasteiger charge is -2.42. The van der Waals surface area contributed by atoms with Gasteiger partial charge in [0, 0.05) is 5.92 Å². The Kier molecular flexibility index (Phi) is 3.97. The fourth-order valence-electron chi connectivity index (χ4n) is 6.50. The van der Waals surface area contributed by atoms with Gasteiger partial charge >= 0.3 is 17.9 Å². The first-order valence-corrected chi connectivity index (χ1v) is 9.86. The Balaban J connectivity index is 1.50. The van der Waals surface area contributed by atoms with E-state index in [0.29, 0.717) is 17.8 Å². The second-order valence-electron chi connectivity index (χ2n) is 8.75. The van der Waals surface area contributed by atoms with E-state index in [1.54, 1.807) is 13.8 Å². The van der Waals surface area contributed by atoms with E-state index in [1.807, 2.05) is 0 Å². The van der Waals surface area contributed by atoms with E-state index in [0.717, 1.165) is 18.8 Å². The molecular formula is C20H28O5. The average molecular weight is 348 g/mol. The second-order valence-corrected chi connectivity index (χ2v) is 8.75. The molecule has 0 aromatic rings. The number of carbonyl (C=O) groups is 3. The van der Waals surface area contributed by atoms with Crippen LogP contribution in [0.25, 0.3) is 0 Å². The van der Waals surface area contributed by atoms with E-state index < -0.39 is 29.7 Å². The van der Waals surface area contributed by atoms with E-state index in [9.17, 15) is 14.4 Å². The zero-order valence-electron chi connectivity index (χ0n) is 15.3. The first-order chi connectivity index (χ1) is 11.9. The van der Waals surface area contributed by atoms with Crippen molar-refractivity contribution in [1.82, 2.24) is 0 Å². The van der Waals surface area contributed by atoms with Crippen LogP contribution in [0.5, 0.6) is 0 Å². The van der Waals surface area contributed by atoms with Crippen LogP contribution in [-0.2, 0) is 23.9 Å². The highest BCUT2D eigenvalue weighted by atomic mass is 16.6. The van der Waals surface area contributed by atoms with Gasteiger partial charge in [-0.15, -0.1) is 0 Å². The maximum Gasteiger partial charge on any atom is 0.318 e. The van der Waals surface area contributed by atoms with Gasteiger partial charge in [0.2, 0.25) is 0 Å². The highest BCUT2D eigenvalue weighted by molar-refractivity contribution is 5.98. The Bertz CT molecular complexity index is 613. The fourth-order valence-corrected chi connectivity index (χ4v) is 6.50. The van der Waals surface area contributed by atoms with Crippen LogP contribution in [0.4, 0.5) is 0 Å². The highest BCUT2D eigenvalue weighted by Gasteiger charge is 2.62. The smallest absolute Gasteiger partial charge is 0.318 e. The van der Waals surface area contributed by atoms with Gasteiger partial charge in [-0.2, -0.15) is 0 Å². The second kappa shape index (κ2) is 5.82. The van der Waals surface area contributed by atoms with Crippen molar-refractivity contribution in [2.45, 2.75) is 64.9 Å². The molecule has 8 atom stereocenters. The topological polar surface area (TPSA) is 69.7 Å². The molecule has 8 unspecified atom stereocenters. The first kappa shape index (κ1) is 17.0. The van der Waals surface area contributed by atoms with E-state index in [-0.39, 0.29) is 11.6 Å². The lowest BCUT2D eigenvalue weighted by Crippen LogP contribution is -2.46. The zero-order valence-corrected chi connectivity index (χ0v) is 15.3. The maximum absolute atomic E-state index is 12.9. The fraction of sp³-hybridized carbons (Fsp3) is 0.850. The summed E-state index contributed by atoms with van der Waals surface area (Å²) in [6, 6.07) is 0. The summed E-state index contributed by atoms with van der Waals surface area (Å²) in [7, 11) is 0. The molecule has 0 spiro atoms. The molecule has 0 aromatic heterocycles. The van der Waals surface area contributed by atoms with Crippen molar-refractivity contribution < 1.29 is 23.9 Å². The Morgan fingerprint density at radius 2 is 2.00 bits per heavy atom. The number of esters is 3. The lowest BCUT2D eigenvalue weighted by atomic mass is 9.71. The molecule has 25 heavy (non-hydrogen) atoms. The zero-order chi connectivity index (χ0) is 17.9. The number of fused-ring (bicyclic) bond motifs is 5. The lowest BCUT2D eigenvalue weighted by molar-refractivity contribution is -0.178. The van der Waals surface area contributed by atoms with Crippen molar-refractivity contribution in [1.29, 1.82) is 0 Å². The highest BCUT2D eigenvalue weighted by Crippen LogP contribution is 2.64. The third-order valence-corrected chi connectivity index (χ3v) is 7.78. The largest absolute Gasteiger partial charge is 0.459 e. The normalized spacial score (nSPS) is 46.2. The minimum atomic E-state index is -0.716. The average Bonchev–Trinajstić information content (AvgIpc) is 3.29. The van der Waals surface area contributed by atoms with Gasteiger partial charge in [-0.05, 0) is 49.9 Å². The van der Waals surface area contributed by atoms with Crippen molar-refractivity contribution in [3.63, 3.8) is 0 Å². The van der Waals surface area contributed by atoms with Crippen LogP contribution in [0, 0.1) is 41.4 Å². The summed E-state index contributed by atoms with van der Waals surface area (Å²) in [6.07, 6.45) is 6.90. The number of hydrogen-bond donors (Lipinski definition) is 0. The molecule has 1 heterocycles. The van der Waals surface area contributed by atoms with Gasteiger partial charge in [-0.25, -0.2) is 0 Å². The molecule has 2 bridgehead atoms. The van der Waals surface area contributed by atoms with Gasteiger partial charge in [0.15, 0.2) is 0 Å². The summed E-state index contributed by atoms with van der Waals surface area (Å²) in [6.45, 7) is 5.45. The first-order valence-electron chi connectivity index (χ1n) is 9.86. The van der Waals surface area contributed by atoms with E-state index in [4.69, 9.17) is 9.47 Å². The molecule has 0 amide bonds. The van der Waals surface area contributed by atoms with E-state index >= 15 is 0 Å². The molecule has 5 heteroatoms. The van der Waals surface area contributed by atoms with Crippen LogP contribution in [0.2, 0.25) is 0 Å². The Hall–Kier alpha value is -1.39. The molecule has 1 saturated heterocycles. The van der Waals surface area contributed by atoms with Crippen molar-refractivity contribution in [3.05, 3.63) is 0 Å². The van der Waals surface area contributed by atoms with Crippen LogP contribution in [0.1, 0.15) is 59.3 Å². The molecule has 4 rings (SSSR count). The molecule has 0 radical (unpaired) electrons. The van der Waals surface area contributed by atoms with Crippen molar-refractivity contribution in [2.75, 3.05) is 0 Å². The molecule has 0 aromatic carbocycles. The van der Waals surface area contributed by atoms with Crippen molar-refractivity contribution in [2.24, 2.45) is 41.4 Å². The van der Waals surface area contributed by atoms with Gasteiger partial charge in [0.05, 0.1) is 17.8 Å². The summed E-state index contributed by atoms with van der Waals surface area (Å²) in [5.41, 5.74) is -0.364. The van der Waals surface area contributed by atoms with Crippen LogP contribution in [0.3, 0.4) is 0 Å². The summed E-state index contributed by atoms with van der Waals surface area (Å²) in [5.74, 6) is -0.688. The molecule has 4 fully saturated rings. The number of carbonyl (C=O) groups excluding carboxylic acids is 3. The Morgan fingerprint density at radius 1 is 1.28 bits per heavy atom. The number of cyclic esters (lactones) is 2. The molecule has 138 valence electrons. The summed E-state index contributed by atoms with van der Waals surface area (Å²) in [5, 5.41) is 0. The third-order valence-electron chi connectivity index (χ3n) is 7.78. The van der Waals surface area contributed by atoms with E-state index in [2.05, 4.69) is 6.92 Å². The predicted octanol–water partition coefficient (Wildman–Crippen LogP) is 3.11. The number of ether oxygens (including phenoxy) is 2.